The van der Waals surface area contributed by atoms with Gasteiger partial charge in [-0.3, -0.25) is 0 Å². The molecule has 0 saturated heterocycles. The Hall–Kier alpha value is -1.43. The van der Waals surface area contributed by atoms with E-state index in [1.807, 2.05) is 12.1 Å². The average molecular weight is 272 g/mol. The van der Waals surface area contributed by atoms with Crippen LogP contribution in [0.4, 0.5) is 13.2 Å². The van der Waals surface area contributed by atoms with Gasteiger partial charge in [-0.05, 0) is 11.5 Å². The van der Waals surface area contributed by atoms with Crippen LogP contribution >= 0.6 is 11.3 Å². The fourth-order valence-corrected chi connectivity index (χ4v) is 2.18. The molecule has 18 heavy (non-hydrogen) atoms. The van der Waals surface area contributed by atoms with Crippen LogP contribution in [0.3, 0.4) is 0 Å². The number of halogens is 3. The highest BCUT2D eigenvalue weighted by atomic mass is 32.1. The zero-order valence-electron chi connectivity index (χ0n) is 9.82. The van der Waals surface area contributed by atoms with Gasteiger partial charge in [0, 0.05) is 5.56 Å². The Labute approximate surface area is 106 Å². The van der Waals surface area contributed by atoms with Crippen LogP contribution in [0.15, 0.2) is 24.3 Å². The van der Waals surface area contributed by atoms with Crippen LogP contribution in [0.2, 0.25) is 0 Å². The van der Waals surface area contributed by atoms with Gasteiger partial charge in [-0.25, -0.2) is 0 Å². The van der Waals surface area contributed by atoms with Gasteiger partial charge in [0.05, 0.1) is 0 Å². The highest BCUT2D eigenvalue weighted by Crippen LogP contribution is 2.34. The summed E-state index contributed by atoms with van der Waals surface area (Å²) >= 11 is 0.560. The minimum absolute atomic E-state index is 0.289. The quantitative estimate of drug-likeness (QED) is 0.812. The monoisotopic (exact) mass is 272 g/mol. The molecular formula is C12H11F3N2S. The number of hydrogen-bond acceptors (Lipinski definition) is 3. The van der Waals surface area contributed by atoms with Crippen LogP contribution in [-0.2, 0) is 6.18 Å². The van der Waals surface area contributed by atoms with Crippen molar-refractivity contribution in [1.29, 1.82) is 0 Å². The Morgan fingerprint density at radius 2 is 1.67 bits per heavy atom. The summed E-state index contributed by atoms with van der Waals surface area (Å²) in [5.41, 5.74) is 1.80. The van der Waals surface area contributed by atoms with Crippen LogP contribution in [0.1, 0.15) is 30.3 Å². The maximum Gasteiger partial charge on any atom is 0.445 e. The number of hydrogen-bond donors (Lipinski definition) is 0. The first kappa shape index (κ1) is 13.0. The van der Waals surface area contributed by atoms with E-state index < -0.39 is 11.2 Å². The van der Waals surface area contributed by atoms with Gasteiger partial charge in [0.2, 0.25) is 5.01 Å². The molecule has 2 nitrogen and oxygen atoms in total. The molecule has 1 aromatic carbocycles. The van der Waals surface area contributed by atoms with Crippen molar-refractivity contribution in [3.63, 3.8) is 0 Å². The van der Waals surface area contributed by atoms with Crippen molar-refractivity contribution in [2.75, 3.05) is 0 Å². The summed E-state index contributed by atoms with van der Waals surface area (Å²) in [6.45, 7) is 4.11. The lowest BCUT2D eigenvalue weighted by Gasteiger charge is -2.04. The summed E-state index contributed by atoms with van der Waals surface area (Å²) in [7, 11) is 0. The Bertz CT molecular complexity index is 529. The van der Waals surface area contributed by atoms with Crippen LogP contribution < -0.4 is 0 Å². The van der Waals surface area contributed by atoms with Crippen molar-refractivity contribution < 1.29 is 13.2 Å². The van der Waals surface area contributed by atoms with Gasteiger partial charge in [0.25, 0.3) is 0 Å². The molecule has 0 unspecified atom stereocenters. The van der Waals surface area contributed by atoms with Crippen molar-refractivity contribution in [1.82, 2.24) is 10.2 Å². The van der Waals surface area contributed by atoms with E-state index in [1.165, 1.54) is 0 Å². The zero-order valence-corrected chi connectivity index (χ0v) is 10.6. The lowest BCUT2D eigenvalue weighted by molar-refractivity contribution is -0.138. The predicted octanol–water partition coefficient (Wildman–Crippen LogP) is 4.35. The topological polar surface area (TPSA) is 25.8 Å². The molecule has 0 aliphatic carbocycles. The Morgan fingerprint density at radius 1 is 1.06 bits per heavy atom. The van der Waals surface area contributed by atoms with Crippen LogP contribution in [0, 0.1) is 0 Å². The van der Waals surface area contributed by atoms with Crippen LogP contribution in [0.25, 0.3) is 10.6 Å². The number of aromatic nitrogens is 2. The van der Waals surface area contributed by atoms with Gasteiger partial charge < -0.3 is 0 Å². The van der Waals surface area contributed by atoms with Crippen LogP contribution in [-0.4, -0.2) is 10.2 Å². The number of nitrogens with zero attached hydrogens (tertiary/aromatic N) is 2. The maximum absolute atomic E-state index is 12.4. The second kappa shape index (κ2) is 4.68. The van der Waals surface area contributed by atoms with Crippen LogP contribution in [0.5, 0.6) is 0 Å². The Balaban J connectivity index is 2.29. The molecule has 0 aliphatic heterocycles. The molecule has 0 atom stereocenters. The largest absolute Gasteiger partial charge is 0.445 e. The Morgan fingerprint density at radius 3 is 2.11 bits per heavy atom. The second-order valence-electron chi connectivity index (χ2n) is 4.19. The third-order valence-corrected chi connectivity index (χ3v) is 3.51. The molecule has 1 heterocycles. The molecule has 0 amide bonds. The summed E-state index contributed by atoms with van der Waals surface area (Å²) in [6.07, 6.45) is -4.42. The molecule has 2 rings (SSSR count). The van der Waals surface area contributed by atoms with Gasteiger partial charge in [-0.15, -0.1) is 10.2 Å². The van der Waals surface area contributed by atoms with E-state index in [-0.39, 0.29) is 5.01 Å². The molecule has 0 fully saturated rings. The molecule has 1 aromatic heterocycles. The molecule has 0 spiro atoms. The van der Waals surface area contributed by atoms with Crippen molar-refractivity contribution in [3.8, 4) is 10.6 Å². The molecule has 96 valence electrons. The van der Waals surface area contributed by atoms with E-state index in [4.69, 9.17) is 0 Å². The molecular weight excluding hydrogens is 261 g/mol. The molecule has 0 radical (unpaired) electrons. The smallest absolute Gasteiger partial charge is 0.164 e. The normalized spacial score (nSPS) is 12.1. The van der Waals surface area contributed by atoms with E-state index in [9.17, 15) is 13.2 Å². The summed E-state index contributed by atoms with van der Waals surface area (Å²) in [6, 6.07) is 7.34. The van der Waals surface area contributed by atoms with E-state index in [2.05, 4.69) is 24.0 Å². The minimum Gasteiger partial charge on any atom is -0.164 e. The zero-order chi connectivity index (χ0) is 13.3. The molecule has 6 heteroatoms. The molecule has 0 bridgehead atoms. The molecule has 0 aliphatic rings. The summed E-state index contributed by atoms with van der Waals surface area (Å²) in [5, 5.41) is 6.12. The molecule has 0 N–H and O–H groups in total. The van der Waals surface area contributed by atoms with Gasteiger partial charge in [-0.2, -0.15) is 13.2 Å². The third kappa shape index (κ3) is 2.69. The third-order valence-electron chi connectivity index (χ3n) is 2.49. The summed E-state index contributed by atoms with van der Waals surface area (Å²) in [4.78, 5) is 0. The fourth-order valence-electron chi connectivity index (χ4n) is 1.47. The van der Waals surface area contributed by atoms with Crippen molar-refractivity contribution in [2.45, 2.75) is 25.9 Å². The number of benzene rings is 1. The Kier molecular flexibility index (Phi) is 3.38. The number of rotatable bonds is 2. The van der Waals surface area contributed by atoms with E-state index in [1.54, 1.807) is 12.1 Å². The predicted molar refractivity (Wildman–Crippen MR) is 64.4 cm³/mol. The SMILES string of the molecule is CC(C)c1ccc(-c2nnc(C(F)(F)F)s2)cc1. The van der Waals surface area contributed by atoms with Gasteiger partial charge in [-0.1, -0.05) is 49.4 Å². The fraction of sp³-hybridized carbons (Fsp3) is 0.333. The van der Waals surface area contributed by atoms with E-state index >= 15 is 0 Å². The minimum atomic E-state index is -4.42. The first-order valence-corrected chi connectivity index (χ1v) is 6.20. The van der Waals surface area contributed by atoms with Crippen molar-refractivity contribution >= 4 is 11.3 Å². The number of alkyl halides is 3. The second-order valence-corrected chi connectivity index (χ2v) is 5.16. The highest BCUT2D eigenvalue weighted by Gasteiger charge is 2.35. The molecule has 2 aromatic rings. The highest BCUT2D eigenvalue weighted by molar-refractivity contribution is 7.14. The van der Waals surface area contributed by atoms with E-state index in [0.717, 1.165) is 5.56 Å². The average Bonchev–Trinajstić information content (AvgIpc) is 2.78. The van der Waals surface area contributed by atoms with Gasteiger partial charge in [0.1, 0.15) is 5.01 Å². The van der Waals surface area contributed by atoms with Crippen molar-refractivity contribution in [3.05, 3.63) is 34.8 Å². The molecule has 0 saturated carbocycles. The van der Waals surface area contributed by atoms with Crippen molar-refractivity contribution in [2.24, 2.45) is 0 Å². The summed E-state index contributed by atoms with van der Waals surface area (Å²) in [5.74, 6) is 0.388. The van der Waals surface area contributed by atoms with Gasteiger partial charge in [0.15, 0.2) is 0 Å². The first-order chi connectivity index (χ1) is 8.38. The maximum atomic E-state index is 12.4. The van der Waals surface area contributed by atoms with Gasteiger partial charge >= 0.3 is 6.18 Å². The standard InChI is InChI=1S/C12H11F3N2S/c1-7(2)8-3-5-9(6-4-8)10-16-17-11(18-10)12(13,14)15/h3-7H,1-2H3. The lowest BCUT2D eigenvalue weighted by Crippen LogP contribution is -2.03. The lowest BCUT2D eigenvalue weighted by atomic mass is 10.0. The first-order valence-electron chi connectivity index (χ1n) is 5.39. The van der Waals surface area contributed by atoms with E-state index in [0.29, 0.717) is 22.8 Å². The summed E-state index contributed by atoms with van der Waals surface area (Å²) < 4.78 is 37.2.